The highest BCUT2D eigenvalue weighted by Gasteiger charge is 2.45. The second kappa shape index (κ2) is 27.8. The van der Waals surface area contributed by atoms with Gasteiger partial charge in [-0.15, -0.1) is 5.10 Å². The number of rotatable bonds is 31. The van der Waals surface area contributed by atoms with Crippen molar-refractivity contribution in [2.75, 3.05) is 52.6 Å². The zero-order valence-electron chi connectivity index (χ0n) is 48.1. The minimum Gasteiger partial charge on any atom is -0.458 e. The summed E-state index contributed by atoms with van der Waals surface area (Å²) in [6.45, 7) is 12.5. The molecule has 3 atom stereocenters. The van der Waals surface area contributed by atoms with Crippen LogP contribution in [-0.4, -0.2) is 147 Å². The van der Waals surface area contributed by atoms with Crippen molar-refractivity contribution in [3.63, 3.8) is 0 Å². The molecule has 5 aromatic rings. The van der Waals surface area contributed by atoms with Gasteiger partial charge in [0, 0.05) is 66.4 Å². The Morgan fingerprint density at radius 1 is 0.867 bits per heavy atom. The van der Waals surface area contributed by atoms with Crippen molar-refractivity contribution in [2.24, 2.45) is 5.92 Å². The maximum absolute atomic E-state index is 14.0. The van der Waals surface area contributed by atoms with Gasteiger partial charge in [0.25, 0.3) is 5.56 Å². The van der Waals surface area contributed by atoms with Crippen LogP contribution in [-0.2, 0) is 75.0 Å². The summed E-state index contributed by atoms with van der Waals surface area (Å²) in [5, 5.41) is 31.3. The highest BCUT2D eigenvalue weighted by atomic mass is 32.2. The topological polar surface area (TPSA) is 319 Å². The molecule has 83 heavy (non-hydrogen) atoms. The van der Waals surface area contributed by atoms with E-state index < -0.39 is 51.2 Å². The van der Waals surface area contributed by atoms with Gasteiger partial charge in [-0.1, -0.05) is 46.3 Å². The monoisotopic (exact) mass is 1170 g/mol. The van der Waals surface area contributed by atoms with Crippen molar-refractivity contribution >= 4 is 50.3 Å². The van der Waals surface area contributed by atoms with Crippen molar-refractivity contribution in [1.82, 2.24) is 60.7 Å². The fraction of sp³-hybridized carbons (Fsp3) is 0.561. The van der Waals surface area contributed by atoms with E-state index in [1.54, 1.807) is 34.5 Å². The quantitative estimate of drug-likeness (QED) is 0.0180. The number of benzene rings is 1. The molecule has 0 aliphatic carbocycles. The molecule has 8 rings (SSSR count). The summed E-state index contributed by atoms with van der Waals surface area (Å²) in [6, 6.07) is 3.43. The number of aryl methyl sites for hydroxylation is 2. The lowest BCUT2D eigenvalue weighted by atomic mass is 9.86. The summed E-state index contributed by atoms with van der Waals surface area (Å²) in [7, 11) is -3.54. The molecule has 3 aliphatic rings. The molecule has 7 heterocycles. The lowest BCUT2D eigenvalue weighted by Gasteiger charge is -2.31. The van der Waals surface area contributed by atoms with E-state index in [4.69, 9.17) is 23.9 Å². The molecule has 0 spiro atoms. The standard InChI is InChI=1S/C57H76N12O13S/c1-7-19-67(20-8-2)21-14-12-17-42(63-53(73)50(35(4)5)64-48(70)18-11-10-13-22-68-31-44(65-66-68)36-27-59-56(60-28-36)83(6,77)78)52(72)58-29-49(71)61-33-79-23-15-16-37-38-24-46-47(82-34-81-46)26-43(38)62-51-39(37)30-69-45(51)25-41-40(54(69)74)32-80-55(75)57(41,76)9-3/h24-28,31,35,42,50,76H,7-23,29-30,32-34H2,1-6H3,(H,58,72)(H,61,71)(H,63,73)(H,64,70)/t42?,50?,57-/m0/s1. The average molecular weight is 1170 g/mol. The van der Waals surface area contributed by atoms with Crippen molar-refractivity contribution in [3.05, 3.63) is 69.4 Å². The Labute approximate surface area is 481 Å². The summed E-state index contributed by atoms with van der Waals surface area (Å²) >= 11 is 0. The molecule has 25 nitrogen and oxygen atoms in total. The van der Waals surface area contributed by atoms with Crippen LogP contribution in [0, 0.1) is 5.92 Å². The number of aromatic nitrogens is 7. The van der Waals surface area contributed by atoms with E-state index in [9.17, 15) is 42.3 Å². The summed E-state index contributed by atoms with van der Waals surface area (Å²) in [4.78, 5) is 96.0. The van der Waals surface area contributed by atoms with Gasteiger partial charge in [0.2, 0.25) is 45.4 Å². The molecule has 2 unspecified atom stereocenters. The molecule has 0 saturated heterocycles. The van der Waals surface area contributed by atoms with Crippen LogP contribution < -0.4 is 36.3 Å². The smallest absolute Gasteiger partial charge is 0.343 e. The molecule has 0 fully saturated rings. The summed E-state index contributed by atoms with van der Waals surface area (Å²) < 4.78 is 49.2. The molecular weight excluding hydrogens is 1090 g/mol. The maximum Gasteiger partial charge on any atom is 0.343 e. The lowest BCUT2D eigenvalue weighted by molar-refractivity contribution is -0.172. The Hall–Kier alpha value is -7.42. The number of esters is 1. The number of aliphatic hydroxyl groups is 1. The average Bonchev–Trinajstić information content (AvgIpc) is 2.04. The number of carbonyl (C=O) groups excluding carboxylic acids is 5. The molecule has 448 valence electrons. The Kier molecular flexibility index (Phi) is 20.6. The molecule has 1 aromatic carbocycles. The van der Waals surface area contributed by atoms with Crippen LogP contribution >= 0.6 is 0 Å². The predicted octanol–water partition coefficient (Wildman–Crippen LogP) is 3.58. The number of nitrogens with zero attached hydrogens (tertiary/aromatic N) is 8. The van der Waals surface area contributed by atoms with Crippen molar-refractivity contribution in [2.45, 2.75) is 154 Å². The summed E-state index contributed by atoms with van der Waals surface area (Å²) in [6.07, 6.45) is 12.3. The SMILES string of the molecule is CCCN(CCC)CCCCC(NC(=O)C(NC(=O)CCCCCn1cc(-c2cnc(S(C)(=O)=O)nc2)nn1)C(C)C)C(=O)NCC(=O)NCOCCCc1c2c(nc3cc4c(cc13)OCO4)-c1cc3c(c(=O)n1C2)COC(=O)[C@]3(O)CC. The second-order valence-electron chi connectivity index (χ2n) is 21.6. The number of ether oxygens (including phenoxy) is 4. The largest absolute Gasteiger partial charge is 0.458 e. The van der Waals surface area contributed by atoms with Crippen LogP contribution in [0.5, 0.6) is 11.5 Å². The van der Waals surface area contributed by atoms with Crippen LogP contribution in [0.3, 0.4) is 0 Å². The number of nitrogens with one attached hydrogen (secondary N) is 4. The Morgan fingerprint density at radius 3 is 2.33 bits per heavy atom. The number of cyclic esters (lactones) is 1. The molecule has 4 aromatic heterocycles. The minimum absolute atomic E-state index is 0.0156. The van der Waals surface area contributed by atoms with Crippen LogP contribution in [0.1, 0.15) is 128 Å². The van der Waals surface area contributed by atoms with Gasteiger partial charge in [-0.3, -0.25) is 28.7 Å². The van der Waals surface area contributed by atoms with Crippen LogP contribution in [0.2, 0.25) is 0 Å². The van der Waals surface area contributed by atoms with Gasteiger partial charge in [-0.25, -0.2) is 28.2 Å². The van der Waals surface area contributed by atoms with E-state index in [-0.39, 0.29) is 86.3 Å². The summed E-state index contributed by atoms with van der Waals surface area (Å²) in [5.74, 6) is -1.87. The van der Waals surface area contributed by atoms with Crippen LogP contribution in [0.4, 0.5) is 0 Å². The molecule has 4 amide bonds. The van der Waals surface area contributed by atoms with E-state index in [1.807, 2.05) is 19.9 Å². The molecular formula is C57H76N12O13S. The number of unbranched alkanes of at least 4 members (excludes halogenated alkanes) is 3. The highest BCUT2D eigenvalue weighted by molar-refractivity contribution is 7.90. The number of carbonyl (C=O) groups is 5. The zero-order valence-corrected chi connectivity index (χ0v) is 48.9. The molecule has 26 heteroatoms. The predicted molar refractivity (Wildman–Crippen MR) is 303 cm³/mol. The van der Waals surface area contributed by atoms with Crippen molar-refractivity contribution in [1.29, 1.82) is 0 Å². The third kappa shape index (κ3) is 14.9. The molecule has 5 N–H and O–H groups in total. The number of amides is 4. The first-order valence-electron chi connectivity index (χ1n) is 28.6. The van der Waals surface area contributed by atoms with Crippen molar-refractivity contribution in [3.8, 4) is 34.1 Å². The minimum atomic E-state index is -3.54. The van der Waals surface area contributed by atoms with Crippen LogP contribution in [0.25, 0.3) is 33.5 Å². The molecule has 0 radical (unpaired) electrons. The Bertz CT molecular complexity index is 3350. The van der Waals surface area contributed by atoms with E-state index >= 15 is 0 Å². The van der Waals surface area contributed by atoms with Gasteiger partial charge in [0.05, 0.1) is 41.8 Å². The van der Waals surface area contributed by atoms with E-state index in [0.717, 1.165) is 61.7 Å². The van der Waals surface area contributed by atoms with E-state index in [0.29, 0.717) is 91.2 Å². The maximum atomic E-state index is 14.0. The van der Waals surface area contributed by atoms with Gasteiger partial charge in [0.15, 0.2) is 17.1 Å². The van der Waals surface area contributed by atoms with Gasteiger partial charge in [-0.05, 0) is 107 Å². The number of fused-ring (bicyclic) bond motifs is 6. The second-order valence-corrected chi connectivity index (χ2v) is 23.5. The first kappa shape index (κ1) is 61.6. The number of pyridine rings is 2. The highest BCUT2D eigenvalue weighted by Crippen LogP contribution is 2.43. The zero-order chi connectivity index (χ0) is 59.4. The summed E-state index contributed by atoms with van der Waals surface area (Å²) in [5.41, 5.74) is 2.45. The molecule has 0 bridgehead atoms. The molecule has 3 aliphatic heterocycles. The third-order valence-corrected chi connectivity index (χ3v) is 16.0. The lowest BCUT2D eigenvalue weighted by Crippen LogP contribution is -2.56. The molecule has 0 saturated carbocycles. The first-order chi connectivity index (χ1) is 39.8. The third-order valence-electron chi connectivity index (χ3n) is 15.1. The Morgan fingerprint density at radius 2 is 1.61 bits per heavy atom. The number of hydrogen-bond donors (Lipinski definition) is 5. The van der Waals surface area contributed by atoms with Gasteiger partial charge >= 0.3 is 5.97 Å². The van der Waals surface area contributed by atoms with Gasteiger partial charge < -0.3 is 54.8 Å². The van der Waals surface area contributed by atoms with E-state index in [1.165, 1.54) is 12.4 Å². The fourth-order valence-electron chi connectivity index (χ4n) is 10.6. The normalized spacial score (nSPS) is 15.8. The Balaban J connectivity index is 0.819. The first-order valence-corrected chi connectivity index (χ1v) is 30.5. The number of sulfone groups is 1. The van der Waals surface area contributed by atoms with Gasteiger partial charge in [0.1, 0.15) is 31.1 Å². The fourth-order valence-corrected chi connectivity index (χ4v) is 11.1. The van der Waals surface area contributed by atoms with E-state index in [2.05, 4.69) is 60.3 Å². The number of hydrogen-bond acceptors (Lipinski definition) is 19. The van der Waals surface area contributed by atoms with Crippen LogP contribution in [0.15, 0.2) is 46.7 Å². The van der Waals surface area contributed by atoms with Gasteiger partial charge in [-0.2, -0.15) is 0 Å². The van der Waals surface area contributed by atoms with Crippen molar-refractivity contribution < 1.29 is 56.4 Å².